The first kappa shape index (κ1) is 28.9. The third kappa shape index (κ3) is 8.68. The van der Waals surface area contributed by atoms with Crippen LogP contribution in [0.25, 0.3) is 0 Å². The second kappa shape index (κ2) is 13.0. The molecule has 0 aliphatic carbocycles. The van der Waals surface area contributed by atoms with Gasteiger partial charge in [0.1, 0.15) is 24.2 Å². The number of carbonyl (C=O) groups excluding carboxylic acids is 4. The third-order valence-corrected chi connectivity index (χ3v) is 5.15. The number of benzene rings is 1. The van der Waals surface area contributed by atoms with Crippen LogP contribution in [-0.4, -0.2) is 60.6 Å². The summed E-state index contributed by atoms with van der Waals surface area (Å²) in [5.74, 6) is -1.53. The van der Waals surface area contributed by atoms with Crippen LogP contribution in [0.4, 0.5) is 4.79 Å². The lowest BCUT2D eigenvalue weighted by molar-refractivity contribution is -0.144. The molecule has 9 nitrogen and oxygen atoms in total. The lowest BCUT2D eigenvalue weighted by Crippen LogP contribution is -2.52. The molecule has 1 rings (SSSR count). The molecule has 2 N–H and O–H groups in total. The predicted molar refractivity (Wildman–Crippen MR) is 129 cm³/mol. The van der Waals surface area contributed by atoms with E-state index in [1.165, 1.54) is 12.0 Å². The SMILES string of the molecule is CCCCN(C(=O)C(C)NC(=O)OC(C)(C)C)C(C(=O)NCC(=O)OC)c1c(C)cccc1C. The van der Waals surface area contributed by atoms with E-state index in [2.05, 4.69) is 15.4 Å². The number of methoxy groups -OCH3 is 1. The fourth-order valence-corrected chi connectivity index (χ4v) is 3.51. The number of unbranched alkanes of at least 4 members (excludes halogenated alkanes) is 1. The first-order valence-electron chi connectivity index (χ1n) is 11.5. The molecule has 3 amide bonds. The van der Waals surface area contributed by atoms with Crippen LogP contribution in [0.3, 0.4) is 0 Å². The second-order valence-corrected chi connectivity index (χ2v) is 9.26. The summed E-state index contributed by atoms with van der Waals surface area (Å²) < 4.78 is 9.91. The van der Waals surface area contributed by atoms with Crippen LogP contribution in [0.15, 0.2) is 18.2 Å². The average Bonchev–Trinajstić information content (AvgIpc) is 2.74. The lowest BCUT2D eigenvalue weighted by atomic mass is 9.93. The van der Waals surface area contributed by atoms with Gasteiger partial charge >= 0.3 is 12.1 Å². The van der Waals surface area contributed by atoms with Gasteiger partial charge in [-0.25, -0.2) is 4.79 Å². The quantitative estimate of drug-likeness (QED) is 0.501. The van der Waals surface area contributed by atoms with Gasteiger partial charge in [-0.1, -0.05) is 31.5 Å². The van der Waals surface area contributed by atoms with Crippen LogP contribution in [0.2, 0.25) is 0 Å². The number of hydrogen-bond acceptors (Lipinski definition) is 6. The van der Waals surface area contributed by atoms with Gasteiger partial charge in [-0.2, -0.15) is 0 Å². The van der Waals surface area contributed by atoms with Crippen LogP contribution >= 0.6 is 0 Å². The van der Waals surface area contributed by atoms with E-state index >= 15 is 0 Å². The Morgan fingerprint density at radius 2 is 1.68 bits per heavy atom. The molecule has 34 heavy (non-hydrogen) atoms. The van der Waals surface area contributed by atoms with Crippen LogP contribution in [0, 0.1) is 13.8 Å². The van der Waals surface area contributed by atoms with Crippen molar-refractivity contribution in [2.24, 2.45) is 0 Å². The number of nitrogens with zero attached hydrogens (tertiary/aromatic N) is 1. The Bertz CT molecular complexity index is 858. The van der Waals surface area contributed by atoms with Crippen molar-refractivity contribution in [2.75, 3.05) is 20.2 Å². The number of alkyl carbamates (subject to hydrolysis) is 1. The summed E-state index contributed by atoms with van der Waals surface area (Å²) in [6, 6.07) is 3.68. The zero-order chi connectivity index (χ0) is 26.1. The maximum atomic E-state index is 13.6. The molecule has 1 aromatic carbocycles. The van der Waals surface area contributed by atoms with Crippen molar-refractivity contribution in [2.45, 2.75) is 79.0 Å². The van der Waals surface area contributed by atoms with Gasteiger partial charge in [0.05, 0.1) is 7.11 Å². The van der Waals surface area contributed by atoms with E-state index in [0.717, 1.165) is 17.5 Å². The zero-order valence-electron chi connectivity index (χ0n) is 21.6. The van der Waals surface area contributed by atoms with E-state index in [-0.39, 0.29) is 6.54 Å². The van der Waals surface area contributed by atoms with Gasteiger partial charge in [-0.3, -0.25) is 14.4 Å². The number of aryl methyl sites for hydroxylation is 2. The monoisotopic (exact) mass is 477 g/mol. The number of nitrogens with one attached hydrogen (secondary N) is 2. The minimum Gasteiger partial charge on any atom is -0.468 e. The third-order valence-electron chi connectivity index (χ3n) is 5.15. The summed E-state index contributed by atoms with van der Waals surface area (Å²) in [7, 11) is 1.23. The number of rotatable bonds is 10. The Labute approximate surface area is 202 Å². The molecule has 0 heterocycles. The summed E-state index contributed by atoms with van der Waals surface area (Å²) in [5, 5.41) is 5.16. The molecule has 0 aromatic heterocycles. The number of carbonyl (C=O) groups is 4. The molecule has 0 saturated carbocycles. The first-order chi connectivity index (χ1) is 15.8. The number of ether oxygens (including phenoxy) is 2. The van der Waals surface area contributed by atoms with E-state index in [4.69, 9.17) is 4.74 Å². The van der Waals surface area contributed by atoms with Crippen LogP contribution in [0.5, 0.6) is 0 Å². The lowest BCUT2D eigenvalue weighted by Gasteiger charge is -2.35. The zero-order valence-corrected chi connectivity index (χ0v) is 21.6. The van der Waals surface area contributed by atoms with Crippen molar-refractivity contribution in [3.63, 3.8) is 0 Å². The topological polar surface area (TPSA) is 114 Å². The molecule has 2 unspecified atom stereocenters. The Morgan fingerprint density at radius 3 is 2.18 bits per heavy atom. The first-order valence-corrected chi connectivity index (χ1v) is 11.5. The molecular formula is C25H39N3O6. The molecule has 2 atom stereocenters. The summed E-state index contributed by atoms with van der Waals surface area (Å²) in [6.45, 7) is 12.4. The Balaban J connectivity index is 3.38. The standard InChI is InChI=1S/C25H39N3O6/c1-9-10-14-28(23(31)18(4)27-24(32)34-25(5,6)7)21(22(30)26-15-19(29)33-8)20-16(2)12-11-13-17(20)3/h11-13,18,21H,9-10,14-15H2,1-8H3,(H,26,30)(H,27,32). The number of esters is 1. The normalized spacial score (nSPS) is 12.8. The average molecular weight is 478 g/mol. The highest BCUT2D eigenvalue weighted by atomic mass is 16.6. The van der Waals surface area contributed by atoms with Gasteiger partial charge in [0.25, 0.3) is 0 Å². The van der Waals surface area contributed by atoms with Gasteiger partial charge in [-0.05, 0) is 64.7 Å². The van der Waals surface area contributed by atoms with Crippen LogP contribution in [-0.2, 0) is 23.9 Å². The Kier molecular flexibility index (Phi) is 11.0. The van der Waals surface area contributed by atoms with Crippen molar-refractivity contribution >= 4 is 23.9 Å². The molecule has 0 bridgehead atoms. The largest absolute Gasteiger partial charge is 0.468 e. The molecule has 190 valence electrons. The second-order valence-electron chi connectivity index (χ2n) is 9.26. The van der Waals surface area contributed by atoms with E-state index in [1.54, 1.807) is 27.7 Å². The fourth-order valence-electron chi connectivity index (χ4n) is 3.51. The highest BCUT2D eigenvalue weighted by molar-refractivity contribution is 5.93. The van der Waals surface area contributed by atoms with Gasteiger partial charge < -0.3 is 25.0 Å². The predicted octanol–water partition coefficient (Wildman–Crippen LogP) is 3.18. The molecule has 0 aliphatic rings. The molecule has 0 fully saturated rings. The highest BCUT2D eigenvalue weighted by Gasteiger charge is 2.36. The van der Waals surface area contributed by atoms with Crippen molar-refractivity contribution in [1.29, 1.82) is 0 Å². The smallest absolute Gasteiger partial charge is 0.408 e. The van der Waals surface area contributed by atoms with E-state index in [9.17, 15) is 19.2 Å². The van der Waals surface area contributed by atoms with Gasteiger partial charge in [0.15, 0.2) is 0 Å². The molecule has 1 aromatic rings. The van der Waals surface area contributed by atoms with Crippen molar-refractivity contribution in [3.8, 4) is 0 Å². The van der Waals surface area contributed by atoms with Crippen molar-refractivity contribution < 1.29 is 28.7 Å². The van der Waals surface area contributed by atoms with Crippen LogP contribution in [0.1, 0.15) is 70.2 Å². The molecular weight excluding hydrogens is 438 g/mol. The maximum absolute atomic E-state index is 13.6. The van der Waals surface area contributed by atoms with Crippen molar-refractivity contribution in [3.05, 3.63) is 34.9 Å². The fraction of sp³-hybridized carbons (Fsp3) is 0.600. The Hall–Kier alpha value is -3.10. The minimum atomic E-state index is -0.993. The van der Waals surface area contributed by atoms with E-state index in [0.29, 0.717) is 18.5 Å². The molecule has 9 heteroatoms. The number of amides is 3. The summed E-state index contributed by atoms with van der Waals surface area (Å²) >= 11 is 0. The van der Waals surface area contributed by atoms with Gasteiger partial charge in [0.2, 0.25) is 11.8 Å². The number of hydrogen-bond donors (Lipinski definition) is 2. The molecule has 0 spiro atoms. The summed E-state index contributed by atoms with van der Waals surface area (Å²) in [6.07, 6.45) is 0.722. The summed E-state index contributed by atoms with van der Waals surface area (Å²) in [5.41, 5.74) is 1.63. The van der Waals surface area contributed by atoms with Crippen molar-refractivity contribution in [1.82, 2.24) is 15.5 Å². The minimum absolute atomic E-state index is 0.291. The Morgan fingerprint density at radius 1 is 1.09 bits per heavy atom. The van der Waals surface area contributed by atoms with Gasteiger partial charge in [-0.15, -0.1) is 0 Å². The molecule has 0 radical (unpaired) electrons. The van der Waals surface area contributed by atoms with Crippen LogP contribution < -0.4 is 10.6 Å². The highest BCUT2D eigenvalue weighted by Crippen LogP contribution is 2.29. The molecule has 0 aliphatic heterocycles. The van der Waals surface area contributed by atoms with E-state index in [1.807, 2.05) is 39.0 Å². The summed E-state index contributed by atoms with van der Waals surface area (Å²) in [4.78, 5) is 52.3. The maximum Gasteiger partial charge on any atom is 0.408 e. The molecule has 0 saturated heterocycles. The van der Waals surface area contributed by atoms with E-state index < -0.39 is 41.6 Å². The van der Waals surface area contributed by atoms with Gasteiger partial charge in [0, 0.05) is 6.54 Å².